The van der Waals surface area contributed by atoms with Gasteiger partial charge in [0.2, 0.25) is 0 Å². The fourth-order valence-corrected chi connectivity index (χ4v) is 4.42. The number of allylic oxidation sites excluding steroid dienone is 3. The highest BCUT2D eigenvalue weighted by Crippen LogP contribution is 2.41. The van der Waals surface area contributed by atoms with E-state index in [1.54, 1.807) is 31.4 Å². The minimum absolute atomic E-state index is 0.0463. The molecule has 8 nitrogen and oxygen atoms in total. The summed E-state index contributed by atoms with van der Waals surface area (Å²) in [5.74, 6) is 0.805. The Kier molecular flexibility index (Phi) is 11.4. The summed E-state index contributed by atoms with van der Waals surface area (Å²) in [5, 5.41) is 11.9. The van der Waals surface area contributed by atoms with E-state index in [0.717, 1.165) is 22.7 Å². The van der Waals surface area contributed by atoms with E-state index in [4.69, 9.17) is 24.1 Å². The lowest BCUT2D eigenvalue weighted by molar-refractivity contribution is -0.140. The third-order valence-corrected chi connectivity index (χ3v) is 6.35. The van der Waals surface area contributed by atoms with Crippen molar-refractivity contribution in [3.8, 4) is 11.5 Å². The van der Waals surface area contributed by atoms with Gasteiger partial charge < -0.3 is 29.4 Å². The summed E-state index contributed by atoms with van der Waals surface area (Å²) in [4.78, 5) is 25.5. The van der Waals surface area contributed by atoms with Crippen molar-refractivity contribution in [2.45, 2.75) is 39.0 Å². The van der Waals surface area contributed by atoms with Crippen molar-refractivity contribution in [1.29, 1.82) is 0 Å². The Bertz CT molecular complexity index is 1140. The van der Waals surface area contributed by atoms with Crippen LogP contribution in [0.5, 0.6) is 11.5 Å². The zero-order valence-electron chi connectivity index (χ0n) is 22.3. The number of methoxy groups -OCH3 is 1. The molecule has 0 bridgehead atoms. The first kappa shape index (κ1) is 28.9. The van der Waals surface area contributed by atoms with Gasteiger partial charge in [0.25, 0.3) is 0 Å². The molecule has 0 saturated carbocycles. The van der Waals surface area contributed by atoms with Crippen LogP contribution in [0.2, 0.25) is 0 Å². The molecule has 2 aromatic rings. The van der Waals surface area contributed by atoms with Gasteiger partial charge in [0.05, 0.1) is 32.5 Å². The first-order valence-corrected chi connectivity index (χ1v) is 12.9. The van der Waals surface area contributed by atoms with E-state index in [2.05, 4.69) is 5.32 Å². The average molecular weight is 524 g/mol. The maximum atomic E-state index is 12.9. The third-order valence-electron chi connectivity index (χ3n) is 6.35. The first-order chi connectivity index (χ1) is 18.4. The second-order valence-electron chi connectivity index (χ2n) is 8.91. The Hall–Kier alpha value is -3.62. The van der Waals surface area contributed by atoms with Crippen molar-refractivity contribution in [2.24, 2.45) is 0 Å². The van der Waals surface area contributed by atoms with Gasteiger partial charge in [-0.05, 0) is 44.0 Å². The Morgan fingerprint density at radius 2 is 1.66 bits per heavy atom. The smallest absolute Gasteiger partial charge is 0.336 e. The Morgan fingerprint density at radius 1 is 0.974 bits per heavy atom. The molecule has 1 heterocycles. The molecule has 2 aromatic carbocycles. The van der Waals surface area contributed by atoms with Gasteiger partial charge in [-0.25, -0.2) is 4.79 Å². The first-order valence-electron chi connectivity index (χ1n) is 12.9. The van der Waals surface area contributed by atoms with Gasteiger partial charge in [0.1, 0.15) is 18.1 Å². The number of phenolic OH excluding ortho intramolecular Hbond substituents is 1. The summed E-state index contributed by atoms with van der Waals surface area (Å²) < 4.78 is 21.4. The SMILES string of the molecule is CCOCCOCCOC(=O)C1=C(C)NC2=C(C1)C(=O)C[C@H](c1ccccc1OC)C2.Oc1ccccc1. The van der Waals surface area contributed by atoms with Gasteiger partial charge in [-0.1, -0.05) is 36.4 Å². The lowest BCUT2D eigenvalue weighted by atomic mass is 9.78. The van der Waals surface area contributed by atoms with Crippen LogP contribution in [-0.4, -0.2) is 57.0 Å². The number of carbonyl (C=O) groups excluding carboxylic acids is 2. The minimum Gasteiger partial charge on any atom is -0.508 e. The van der Waals surface area contributed by atoms with Gasteiger partial charge >= 0.3 is 5.97 Å². The van der Waals surface area contributed by atoms with Crippen LogP contribution in [0, 0.1) is 0 Å². The van der Waals surface area contributed by atoms with Gasteiger partial charge in [0, 0.05) is 42.3 Å². The lowest BCUT2D eigenvalue weighted by Gasteiger charge is -2.32. The molecule has 0 aromatic heterocycles. The monoisotopic (exact) mass is 523 g/mol. The highest BCUT2D eigenvalue weighted by molar-refractivity contribution is 6.01. The normalized spacial score (nSPS) is 16.7. The third kappa shape index (κ3) is 8.19. The van der Waals surface area contributed by atoms with E-state index in [0.29, 0.717) is 62.6 Å². The van der Waals surface area contributed by atoms with E-state index in [1.807, 2.05) is 44.2 Å². The predicted octanol–water partition coefficient (Wildman–Crippen LogP) is 4.65. The molecule has 0 amide bonds. The summed E-state index contributed by atoms with van der Waals surface area (Å²) in [7, 11) is 1.64. The standard InChI is InChI=1S/C24H31NO6.C6H6O/c1-4-29-9-10-30-11-12-31-24(27)19-15-20-21(25-16(19)2)13-17(14-22(20)26)18-7-5-6-8-23(18)28-3;7-6-4-2-1-3-5-6/h5-8,17,25H,4,9-15H2,1-3H3;1-5,7H/t17-;/m1./s1. The zero-order chi connectivity index (χ0) is 27.3. The minimum atomic E-state index is -0.412. The van der Waals surface area contributed by atoms with Crippen molar-refractivity contribution in [3.05, 3.63) is 82.7 Å². The number of nitrogens with one attached hydrogen (secondary N) is 1. The molecule has 204 valence electrons. The number of benzene rings is 2. The van der Waals surface area contributed by atoms with E-state index < -0.39 is 5.97 Å². The zero-order valence-corrected chi connectivity index (χ0v) is 22.3. The van der Waals surface area contributed by atoms with Crippen molar-refractivity contribution in [2.75, 3.05) is 40.1 Å². The summed E-state index contributed by atoms with van der Waals surface area (Å²) in [6.45, 7) is 5.88. The van der Waals surface area contributed by atoms with Gasteiger partial charge in [-0.2, -0.15) is 0 Å². The number of ketones is 1. The Morgan fingerprint density at radius 3 is 2.34 bits per heavy atom. The maximum Gasteiger partial charge on any atom is 0.336 e. The molecule has 0 unspecified atom stereocenters. The topological polar surface area (TPSA) is 103 Å². The molecule has 2 N–H and O–H groups in total. The fraction of sp³-hybridized carbons (Fsp3) is 0.400. The van der Waals surface area contributed by atoms with E-state index >= 15 is 0 Å². The molecular weight excluding hydrogens is 486 g/mol. The highest BCUT2D eigenvalue weighted by atomic mass is 16.6. The predicted molar refractivity (Wildman–Crippen MR) is 144 cm³/mol. The highest BCUT2D eigenvalue weighted by Gasteiger charge is 2.34. The second-order valence-corrected chi connectivity index (χ2v) is 8.91. The van der Waals surface area contributed by atoms with Crippen molar-refractivity contribution < 1.29 is 33.6 Å². The molecule has 0 fully saturated rings. The number of ether oxygens (including phenoxy) is 4. The lowest BCUT2D eigenvalue weighted by Crippen LogP contribution is -2.32. The molecule has 1 atom stereocenters. The van der Waals surface area contributed by atoms with Crippen LogP contribution in [0.4, 0.5) is 0 Å². The summed E-state index contributed by atoms with van der Waals surface area (Å²) >= 11 is 0. The van der Waals surface area contributed by atoms with Crippen molar-refractivity contribution >= 4 is 11.8 Å². The maximum absolute atomic E-state index is 12.9. The van der Waals surface area contributed by atoms with Gasteiger partial charge in [-0.15, -0.1) is 0 Å². The molecule has 4 rings (SSSR count). The quantitative estimate of drug-likeness (QED) is 0.343. The van der Waals surface area contributed by atoms with Gasteiger partial charge in [0.15, 0.2) is 5.78 Å². The number of para-hydroxylation sites is 2. The van der Waals surface area contributed by atoms with Crippen LogP contribution in [0.25, 0.3) is 0 Å². The molecule has 38 heavy (non-hydrogen) atoms. The number of hydrogen-bond donors (Lipinski definition) is 2. The number of phenols is 1. The number of dihydropyridines is 1. The molecule has 2 aliphatic rings. The fourth-order valence-electron chi connectivity index (χ4n) is 4.42. The number of hydrogen-bond acceptors (Lipinski definition) is 8. The molecule has 8 heteroatoms. The van der Waals surface area contributed by atoms with E-state index in [9.17, 15) is 9.59 Å². The summed E-state index contributed by atoms with van der Waals surface area (Å²) in [6, 6.07) is 16.5. The van der Waals surface area contributed by atoms with Crippen LogP contribution < -0.4 is 10.1 Å². The Labute approximate surface area is 224 Å². The molecule has 0 radical (unpaired) electrons. The molecule has 1 aliphatic carbocycles. The Balaban J connectivity index is 0.000000494. The number of carbonyl (C=O) groups is 2. The summed E-state index contributed by atoms with van der Waals surface area (Å²) in [5.41, 5.74) is 3.83. The molecule has 1 aliphatic heterocycles. The van der Waals surface area contributed by atoms with Crippen molar-refractivity contribution in [3.63, 3.8) is 0 Å². The summed E-state index contributed by atoms with van der Waals surface area (Å²) in [6.07, 6.45) is 1.40. The number of esters is 1. The number of aromatic hydroxyl groups is 1. The second kappa shape index (κ2) is 15.0. The largest absolute Gasteiger partial charge is 0.508 e. The van der Waals surface area contributed by atoms with Crippen molar-refractivity contribution in [1.82, 2.24) is 5.32 Å². The molecule has 0 saturated heterocycles. The number of Topliss-reactive ketones (excluding diaryl/α,β-unsaturated/α-hetero) is 1. The van der Waals surface area contributed by atoms with Crippen LogP contribution in [0.3, 0.4) is 0 Å². The van der Waals surface area contributed by atoms with Crippen LogP contribution in [0.15, 0.2) is 77.1 Å². The molecular formula is C30H37NO7. The number of rotatable bonds is 10. The average Bonchev–Trinajstić information content (AvgIpc) is 2.92. The van der Waals surface area contributed by atoms with E-state index in [-0.39, 0.29) is 18.3 Å². The van der Waals surface area contributed by atoms with Crippen LogP contribution in [-0.2, 0) is 23.8 Å². The van der Waals surface area contributed by atoms with E-state index in [1.165, 1.54) is 0 Å². The van der Waals surface area contributed by atoms with Crippen LogP contribution >= 0.6 is 0 Å². The van der Waals surface area contributed by atoms with Gasteiger partial charge in [-0.3, -0.25) is 4.79 Å². The van der Waals surface area contributed by atoms with Crippen LogP contribution in [0.1, 0.15) is 44.6 Å². The molecule has 0 spiro atoms.